The van der Waals surface area contributed by atoms with Crippen molar-refractivity contribution >= 4 is 11.7 Å². The van der Waals surface area contributed by atoms with E-state index in [2.05, 4.69) is 15.6 Å². The topological polar surface area (TPSA) is 63.2 Å². The summed E-state index contributed by atoms with van der Waals surface area (Å²) >= 11 is 0. The van der Waals surface area contributed by atoms with E-state index in [-0.39, 0.29) is 25.5 Å². The molecule has 1 aromatic rings. The van der Waals surface area contributed by atoms with Gasteiger partial charge in [0, 0.05) is 32.3 Å². The minimum absolute atomic E-state index is 0.106. The Kier molecular flexibility index (Phi) is 2.99. The number of pyridine rings is 1. The second-order valence-corrected chi connectivity index (χ2v) is 5.12. The molecular weight excluding hydrogens is 249 g/mol. The molecule has 5 nitrogen and oxygen atoms in total. The number of fused-ring (bicyclic) bond motifs is 1. The third-order valence-corrected chi connectivity index (χ3v) is 4.02. The van der Waals surface area contributed by atoms with Crippen molar-refractivity contribution in [3.05, 3.63) is 24.4 Å². The molecule has 2 aliphatic rings. The number of hydrogen-bond donors (Lipinski definition) is 2. The summed E-state index contributed by atoms with van der Waals surface area (Å²) in [5.41, 5.74) is -2.69. The summed E-state index contributed by atoms with van der Waals surface area (Å²) in [4.78, 5) is 16.5. The van der Waals surface area contributed by atoms with Crippen molar-refractivity contribution in [1.29, 1.82) is 0 Å². The molecule has 1 amide bonds. The van der Waals surface area contributed by atoms with Crippen molar-refractivity contribution in [2.24, 2.45) is 5.41 Å². The van der Waals surface area contributed by atoms with E-state index in [4.69, 9.17) is 4.74 Å². The van der Waals surface area contributed by atoms with Crippen molar-refractivity contribution in [1.82, 2.24) is 10.3 Å². The zero-order chi connectivity index (χ0) is 13.3. The van der Waals surface area contributed by atoms with Crippen LogP contribution in [0.4, 0.5) is 10.2 Å². The molecule has 0 aromatic carbocycles. The van der Waals surface area contributed by atoms with Crippen LogP contribution in [0.3, 0.4) is 0 Å². The van der Waals surface area contributed by atoms with Crippen molar-refractivity contribution < 1.29 is 13.9 Å². The lowest BCUT2D eigenvalue weighted by Crippen LogP contribution is -2.58. The van der Waals surface area contributed by atoms with Crippen LogP contribution in [-0.2, 0) is 9.53 Å². The molecule has 0 bridgehead atoms. The van der Waals surface area contributed by atoms with Gasteiger partial charge < -0.3 is 15.4 Å². The summed E-state index contributed by atoms with van der Waals surface area (Å²) in [7, 11) is 0. The number of halogens is 1. The molecule has 2 fully saturated rings. The first-order valence-electron chi connectivity index (χ1n) is 6.36. The van der Waals surface area contributed by atoms with Crippen molar-refractivity contribution in [3.8, 4) is 0 Å². The summed E-state index contributed by atoms with van der Waals surface area (Å²) < 4.78 is 20.3. The van der Waals surface area contributed by atoms with Crippen LogP contribution in [0.2, 0.25) is 0 Å². The van der Waals surface area contributed by atoms with Crippen molar-refractivity contribution in [2.75, 3.05) is 31.6 Å². The first-order chi connectivity index (χ1) is 9.16. The molecular formula is C13H16FN3O2. The van der Waals surface area contributed by atoms with Crippen LogP contribution in [0.1, 0.15) is 6.42 Å². The molecule has 2 atom stereocenters. The maximum absolute atomic E-state index is 14.9. The van der Waals surface area contributed by atoms with E-state index in [9.17, 15) is 9.18 Å². The number of hydrogen-bond acceptors (Lipinski definition) is 4. The van der Waals surface area contributed by atoms with Crippen LogP contribution in [0.25, 0.3) is 0 Å². The van der Waals surface area contributed by atoms with E-state index in [0.29, 0.717) is 19.0 Å². The third-order valence-electron chi connectivity index (χ3n) is 4.02. The van der Waals surface area contributed by atoms with Crippen molar-refractivity contribution in [3.63, 3.8) is 0 Å². The Labute approximate surface area is 110 Å². The van der Waals surface area contributed by atoms with E-state index in [1.165, 1.54) is 0 Å². The second kappa shape index (κ2) is 4.54. The summed E-state index contributed by atoms with van der Waals surface area (Å²) in [5.74, 6) is 0.0695. The molecule has 102 valence electrons. The number of amides is 1. The molecule has 1 aromatic heterocycles. The summed E-state index contributed by atoms with van der Waals surface area (Å²) in [6, 6.07) is 5.21. The first-order valence-corrected chi connectivity index (χ1v) is 6.36. The molecule has 19 heavy (non-hydrogen) atoms. The lowest BCUT2D eigenvalue weighted by Gasteiger charge is -2.41. The van der Waals surface area contributed by atoms with Gasteiger partial charge in [0.15, 0.2) is 0 Å². The number of carbonyl (C=O) groups excluding carboxylic acids is 1. The molecule has 0 unspecified atom stereocenters. The predicted octanol–water partition coefficient (Wildman–Crippen LogP) is 0.738. The third kappa shape index (κ3) is 1.91. The quantitative estimate of drug-likeness (QED) is 0.828. The van der Waals surface area contributed by atoms with E-state index in [0.717, 1.165) is 0 Å². The highest BCUT2D eigenvalue weighted by Gasteiger charge is 2.62. The molecule has 2 aliphatic heterocycles. The number of anilines is 1. The Morgan fingerprint density at radius 1 is 1.47 bits per heavy atom. The standard InChI is InChI=1S/C13H16FN3O2/c14-13-4-6-19-9-12(13,7-15-8-13)11(18)17-10-3-1-2-5-16-10/h1-3,5,15H,4,6-9H2,(H,16,17,18)/t12-,13+/m0/s1. The molecule has 0 saturated carbocycles. The van der Waals surface area contributed by atoms with Gasteiger partial charge in [0.1, 0.15) is 16.9 Å². The van der Waals surface area contributed by atoms with E-state index in [1.807, 2.05) is 0 Å². The van der Waals surface area contributed by atoms with E-state index in [1.54, 1.807) is 24.4 Å². The number of nitrogens with one attached hydrogen (secondary N) is 2. The number of ether oxygens (including phenoxy) is 1. The fourth-order valence-electron chi connectivity index (χ4n) is 2.81. The Morgan fingerprint density at radius 3 is 3.16 bits per heavy atom. The molecule has 0 spiro atoms. The monoisotopic (exact) mass is 265 g/mol. The lowest BCUT2D eigenvalue weighted by molar-refractivity contribution is -0.148. The molecule has 0 radical (unpaired) electrons. The SMILES string of the molecule is O=C(Nc1ccccn1)[C@@]12CNC[C@]1(F)CCOC2. The molecule has 2 N–H and O–H groups in total. The van der Waals surface area contributed by atoms with Gasteiger partial charge in [-0.05, 0) is 12.1 Å². The average Bonchev–Trinajstić information content (AvgIpc) is 2.78. The van der Waals surface area contributed by atoms with Gasteiger partial charge in [0.2, 0.25) is 5.91 Å². The normalized spacial score (nSPS) is 33.7. The van der Waals surface area contributed by atoms with Gasteiger partial charge in [-0.25, -0.2) is 9.37 Å². The van der Waals surface area contributed by atoms with Gasteiger partial charge in [-0.1, -0.05) is 6.07 Å². The van der Waals surface area contributed by atoms with Gasteiger partial charge in [-0.15, -0.1) is 0 Å². The van der Waals surface area contributed by atoms with Crippen LogP contribution in [0.15, 0.2) is 24.4 Å². The maximum atomic E-state index is 14.9. The zero-order valence-electron chi connectivity index (χ0n) is 10.5. The average molecular weight is 265 g/mol. The summed E-state index contributed by atoms with van der Waals surface area (Å²) in [5, 5.41) is 5.67. The van der Waals surface area contributed by atoms with Crippen LogP contribution in [0, 0.1) is 5.41 Å². The van der Waals surface area contributed by atoms with E-state index < -0.39 is 11.1 Å². The Bertz CT molecular complexity index is 484. The lowest BCUT2D eigenvalue weighted by atomic mass is 9.72. The minimum atomic E-state index is -1.54. The highest BCUT2D eigenvalue weighted by molar-refractivity contribution is 5.96. The zero-order valence-corrected chi connectivity index (χ0v) is 10.5. The van der Waals surface area contributed by atoms with Crippen LogP contribution in [-0.4, -0.2) is 42.9 Å². The number of aromatic nitrogens is 1. The molecule has 3 rings (SSSR count). The fraction of sp³-hybridized carbons (Fsp3) is 0.538. The number of nitrogens with zero attached hydrogens (tertiary/aromatic N) is 1. The van der Waals surface area contributed by atoms with Crippen molar-refractivity contribution in [2.45, 2.75) is 12.1 Å². The maximum Gasteiger partial charge on any atom is 0.238 e. The van der Waals surface area contributed by atoms with Crippen LogP contribution >= 0.6 is 0 Å². The molecule has 6 heteroatoms. The number of alkyl halides is 1. The number of rotatable bonds is 2. The largest absolute Gasteiger partial charge is 0.380 e. The van der Waals surface area contributed by atoms with Gasteiger partial charge in [-0.2, -0.15) is 0 Å². The highest BCUT2D eigenvalue weighted by atomic mass is 19.1. The minimum Gasteiger partial charge on any atom is -0.380 e. The predicted molar refractivity (Wildman–Crippen MR) is 67.4 cm³/mol. The molecule has 2 saturated heterocycles. The Morgan fingerprint density at radius 2 is 2.37 bits per heavy atom. The highest BCUT2D eigenvalue weighted by Crippen LogP contribution is 2.45. The first kappa shape index (κ1) is 12.5. The molecule has 0 aliphatic carbocycles. The second-order valence-electron chi connectivity index (χ2n) is 5.12. The van der Waals surface area contributed by atoms with Crippen LogP contribution in [0.5, 0.6) is 0 Å². The van der Waals surface area contributed by atoms with Crippen LogP contribution < -0.4 is 10.6 Å². The van der Waals surface area contributed by atoms with Gasteiger partial charge in [-0.3, -0.25) is 4.79 Å². The number of carbonyl (C=O) groups is 1. The van der Waals surface area contributed by atoms with Gasteiger partial charge in [0.05, 0.1) is 6.61 Å². The van der Waals surface area contributed by atoms with E-state index >= 15 is 0 Å². The Balaban J connectivity index is 1.85. The summed E-state index contributed by atoms with van der Waals surface area (Å²) in [6.45, 7) is 0.958. The Hall–Kier alpha value is -1.53. The summed E-state index contributed by atoms with van der Waals surface area (Å²) in [6.07, 6.45) is 1.83. The fourth-order valence-corrected chi connectivity index (χ4v) is 2.81. The van der Waals surface area contributed by atoms with Gasteiger partial charge >= 0.3 is 0 Å². The smallest absolute Gasteiger partial charge is 0.238 e. The molecule has 3 heterocycles. The van der Waals surface area contributed by atoms with Gasteiger partial charge in [0.25, 0.3) is 0 Å².